The van der Waals surface area contributed by atoms with Crippen molar-refractivity contribution in [1.29, 1.82) is 0 Å². The van der Waals surface area contributed by atoms with Crippen molar-refractivity contribution in [3.8, 4) is 0 Å². The summed E-state index contributed by atoms with van der Waals surface area (Å²) in [6.45, 7) is 4.56. The van der Waals surface area contributed by atoms with E-state index in [1.807, 2.05) is 24.4 Å². The average molecular weight is 246 g/mol. The molecule has 0 saturated heterocycles. The van der Waals surface area contributed by atoms with Crippen LogP contribution in [0.25, 0.3) is 0 Å². The Morgan fingerprint density at radius 3 is 2.78 bits per heavy atom. The summed E-state index contributed by atoms with van der Waals surface area (Å²) >= 11 is 0. The third-order valence-corrected chi connectivity index (χ3v) is 2.95. The maximum absolute atomic E-state index is 13.6. The highest BCUT2D eigenvalue weighted by atomic mass is 19.1. The second kappa shape index (κ2) is 6.36. The van der Waals surface area contributed by atoms with Gasteiger partial charge in [-0.15, -0.1) is 0 Å². The van der Waals surface area contributed by atoms with Crippen molar-refractivity contribution in [2.24, 2.45) is 0 Å². The lowest BCUT2D eigenvalue weighted by Crippen LogP contribution is -2.17. The summed E-state index contributed by atoms with van der Waals surface area (Å²) in [5.74, 6) is -0.140. The van der Waals surface area contributed by atoms with Crippen LogP contribution in [0.3, 0.4) is 0 Å². The maximum Gasteiger partial charge on any atom is 0.128 e. The van der Waals surface area contributed by atoms with Crippen molar-refractivity contribution in [3.63, 3.8) is 0 Å². The summed E-state index contributed by atoms with van der Waals surface area (Å²) in [6, 6.07) is 11.0. The number of halogens is 1. The second-order valence-electron chi connectivity index (χ2n) is 4.40. The van der Waals surface area contributed by atoms with E-state index in [1.54, 1.807) is 6.07 Å². The summed E-state index contributed by atoms with van der Waals surface area (Å²) in [5.41, 5.74) is 1.91. The molecule has 3 heteroatoms. The van der Waals surface area contributed by atoms with E-state index in [1.165, 1.54) is 11.8 Å². The quantitative estimate of drug-likeness (QED) is 0.775. The smallest absolute Gasteiger partial charge is 0.128 e. The fraction of sp³-hybridized carbons (Fsp3) is 0.333. The second-order valence-corrected chi connectivity index (χ2v) is 4.40. The Kier molecular flexibility index (Phi) is 4.53. The van der Waals surface area contributed by atoms with Gasteiger partial charge in [0.25, 0.3) is 0 Å². The van der Waals surface area contributed by atoms with E-state index in [4.69, 9.17) is 0 Å². The van der Waals surface area contributed by atoms with Gasteiger partial charge in [-0.05, 0) is 31.2 Å². The highest BCUT2D eigenvalue weighted by molar-refractivity contribution is 5.19. The normalized spacial score (nSPS) is 10.8. The summed E-state index contributed by atoms with van der Waals surface area (Å²) in [5, 5.41) is 3.36. The van der Waals surface area contributed by atoms with Crippen LogP contribution in [0.1, 0.15) is 24.6 Å². The van der Waals surface area contributed by atoms with Crippen LogP contribution in [0.2, 0.25) is 0 Å². The molecule has 0 radical (unpaired) electrons. The SMILES string of the molecule is CCCNCc1cccn1Cc1ccccc1F. The molecule has 0 unspecified atom stereocenters. The number of benzene rings is 1. The standard InChI is InChI=1S/C15H19FN2/c1-2-9-17-11-14-7-5-10-18(14)12-13-6-3-4-8-15(13)16/h3-8,10,17H,2,9,11-12H2,1H3. The minimum Gasteiger partial charge on any atom is -0.346 e. The summed E-state index contributed by atoms with van der Waals surface area (Å²) in [7, 11) is 0. The molecule has 96 valence electrons. The number of nitrogens with zero attached hydrogens (tertiary/aromatic N) is 1. The van der Waals surface area contributed by atoms with E-state index in [0.717, 1.165) is 25.1 Å². The molecule has 0 aliphatic carbocycles. The van der Waals surface area contributed by atoms with Crippen LogP contribution >= 0.6 is 0 Å². The molecule has 2 rings (SSSR count). The minimum absolute atomic E-state index is 0.140. The Labute approximate surface area is 107 Å². The van der Waals surface area contributed by atoms with Gasteiger partial charge in [0, 0.05) is 24.0 Å². The van der Waals surface area contributed by atoms with E-state index in [2.05, 4.69) is 22.9 Å². The fourth-order valence-electron chi connectivity index (χ4n) is 1.97. The van der Waals surface area contributed by atoms with Crippen molar-refractivity contribution in [2.75, 3.05) is 6.54 Å². The minimum atomic E-state index is -0.140. The van der Waals surface area contributed by atoms with Gasteiger partial charge in [-0.2, -0.15) is 0 Å². The van der Waals surface area contributed by atoms with Crippen molar-refractivity contribution >= 4 is 0 Å². The molecule has 0 fully saturated rings. The lowest BCUT2D eigenvalue weighted by molar-refractivity contribution is 0.587. The Bertz CT molecular complexity index is 491. The van der Waals surface area contributed by atoms with Crippen LogP contribution in [0, 0.1) is 5.82 Å². The first-order valence-corrected chi connectivity index (χ1v) is 6.39. The van der Waals surface area contributed by atoms with E-state index in [-0.39, 0.29) is 5.82 Å². The number of rotatable bonds is 6. The lowest BCUT2D eigenvalue weighted by Gasteiger charge is -2.10. The molecule has 1 aromatic heterocycles. The van der Waals surface area contributed by atoms with Crippen molar-refractivity contribution in [1.82, 2.24) is 9.88 Å². The van der Waals surface area contributed by atoms with Gasteiger partial charge in [-0.25, -0.2) is 4.39 Å². The number of nitrogens with one attached hydrogen (secondary N) is 1. The maximum atomic E-state index is 13.6. The zero-order valence-electron chi connectivity index (χ0n) is 10.7. The number of aromatic nitrogens is 1. The van der Waals surface area contributed by atoms with Crippen LogP contribution in [0.4, 0.5) is 4.39 Å². The predicted octanol–water partition coefficient (Wildman–Crippen LogP) is 3.18. The highest BCUT2D eigenvalue weighted by Gasteiger charge is 2.04. The molecule has 2 nitrogen and oxygen atoms in total. The van der Waals surface area contributed by atoms with Crippen molar-refractivity contribution < 1.29 is 4.39 Å². The molecule has 1 aromatic carbocycles. The van der Waals surface area contributed by atoms with E-state index >= 15 is 0 Å². The lowest BCUT2D eigenvalue weighted by atomic mass is 10.2. The average Bonchev–Trinajstić information content (AvgIpc) is 2.80. The van der Waals surface area contributed by atoms with Gasteiger partial charge >= 0.3 is 0 Å². The molecular formula is C15H19FN2. The van der Waals surface area contributed by atoms with E-state index in [9.17, 15) is 4.39 Å². The van der Waals surface area contributed by atoms with Gasteiger partial charge in [-0.3, -0.25) is 0 Å². The van der Waals surface area contributed by atoms with Crippen LogP contribution in [-0.2, 0) is 13.1 Å². The topological polar surface area (TPSA) is 17.0 Å². The molecule has 0 amide bonds. The third-order valence-electron chi connectivity index (χ3n) is 2.95. The molecular weight excluding hydrogens is 227 g/mol. The van der Waals surface area contributed by atoms with Crippen LogP contribution < -0.4 is 5.32 Å². The largest absolute Gasteiger partial charge is 0.346 e. The molecule has 18 heavy (non-hydrogen) atoms. The van der Waals surface area contributed by atoms with Gasteiger partial charge in [0.1, 0.15) is 5.82 Å². The van der Waals surface area contributed by atoms with Crippen molar-refractivity contribution in [2.45, 2.75) is 26.4 Å². The zero-order valence-corrected chi connectivity index (χ0v) is 10.7. The summed E-state index contributed by atoms with van der Waals surface area (Å²) in [4.78, 5) is 0. The molecule has 1 heterocycles. The van der Waals surface area contributed by atoms with Crippen LogP contribution in [0.15, 0.2) is 42.6 Å². The molecule has 0 spiro atoms. The molecule has 1 N–H and O–H groups in total. The molecule has 2 aromatic rings. The van der Waals surface area contributed by atoms with Crippen LogP contribution in [0.5, 0.6) is 0 Å². The molecule has 0 bridgehead atoms. The van der Waals surface area contributed by atoms with Gasteiger partial charge in [-0.1, -0.05) is 25.1 Å². The highest BCUT2D eigenvalue weighted by Crippen LogP contribution is 2.11. The van der Waals surface area contributed by atoms with Gasteiger partial charge in [0.05, 0.1) is 6.54 Å². The Balaban J connectivity index is 2.05. The monoisotopic (exact) mass is 246 g/mol. The zero-order chi connectivity index (χ0) is 12.8. The summed E-state index contributed by atoms with van der Waals surface area (Å²) in [6.07, 6.45) is 3.11. The number of hydrogen-bond donors (Lipinski definition) is 1. The van der Waals surface area contributed by atoms with Gasteiger partial charge < -0.3 is 9.88 Å². The molecule has 0 saturated carbocycles. The van der Waals surface area contributed by atoms with Gasteiger partial charge in [0.15, 0.2) is 0 Å². The Morgan fingerprint density at radius 2 is 2.00 bits per heavy atom. The fourth-order valence-corrected chi connectivity index (χ4v) is 1.97. The van der Waals surface area contributed by atoms with Crippen LogP contribution in [-0.4, -0.2) is 11.1 Å². The summed E-state index contributed by atoms with van der Waals surface area (Å²) < 4.78 is 15.7. The first kappa shape index (κ1) is 12.8. The van der Waals surface area contributed by atoms with E-state index < -0.39 is 0 Å². The predicted molar refractivity (Wildman–Crippen MR) is 71.9 cm³/mol. The molecule has 0 atom stereocenters. The number of hydrogen-bond acceptors (Lipinski definition) is 1. The third kappa shape index (κ3) is 3.20. The van der Waals surface area contributed by atoms with Gasteiger partial charge in [0.2, 0.25) is 0 Å². The Morgan fingerprint density at radius 1 is 1.17 bits per heavy atom. The first-order valence-electron chi connectivity index (χ1n) is 6.39. The molecule has 0 aliphatic heterocycles. The Hall–Kier alpha value is -1.61. The van der Waals surface area contributed by atoms with E-state index in [0.29, 0.717) is 6.54 Å². The molecule has 0 aliphatic rings. The van der Waals surface area contributed by atoms with Crippen molar-refractivity contribution in [3.05, 3.63) is 59.7 Å². The first-order chi connectivity index (χ1) is 8.81.